The van der Waals surface area contributed by atoms with Gasteiger partial charge in [-0.05, 0) is 73.2 Å². The quantitative estimate of drug-likeness (QED) is 0.346. The SMILES string of the molecule is COC(C#Cc1ccc(S(C)(=O)=O)cc1)(c1cccc(N(CC2CC2)S(=O)(=O)c2ccccc2)c1)C(F)(F)F. The van der Waals surface area contributed by atoms with E-state index in [0.717, 1.165) is 36.6 Å². The molecule has 0 radical (unpaired) electrons. The van der Waals surface area contributed by atoms with Crippen LogP contribution in [0.25, 0.3) is 0 Å². The summed E-state index contributed by atoms with van der Waals surface area (Å²) in [7, 11) is -6.67. The molecule has 0 spiro atoms. The van der Waals surface area contributed by atoms with Gasteiger partial charge in [0.05, 0.1) is 15.5 Å². The Kier molecular flexibility index (Phi) is 7.85. The summed E-state index contributed by atoms with van der Waals surface area (Å²) in [6.45, 7) is 0.130. The first kappa shape index (κ1) is 28.7. The molecule has 0 aliphatic heterocycles. The van der Waals surface area contributed by atoms with E-state index < -0.39 is 31.6 Å². The first-order valence-corrected chi connectivity index (χ1v) is 15.2. The number of rotatable bonds is 8. The van der Waals surface area contributed by atoms with Crippen molar-refractivity contribution in [2.45, 2.75) is 34.4 Å². The summed E-state index contributed by atoms with van der Waals surface area (Å²) in [5, 5.41) is 0. The largest absolute Gasteiger partial charge is 0.433 e. The minimum absolute atomic E-state index is 0.00459. The van der Waals surface area contributed by atoms with Gasteiger partial charge in [0.2, 0.25) is 0 Å². The van der Waals surface area contributed by atoms with Gasteiger partial charge in [0.15, 0.2) is 9.84 Å². The van der Waals surface area contributed by atoms with Gasteiger partial charge in [-0.3, -0.25) is 4.31 Å². The third-order valence-corrected chi connectivity index (χ3v) is 9.30. The van der Waals surface area contributed by atoms with Crippen LogP contribution < -0.4 is 4.31 Å². The van der Waals surface area contributed by atoms with E-state index in [2.05, 4.69) is 11.8 Å². The first-order valence-electron chi connectivity index (χ1n) is 11.9. The van der Waals surface area contributed by atoms with Gasteiger partial charge < -0.3 is 4.74 Å². The average Bonchev–Trinajstić information content (AvgIpc) is 3.72. The van der Waals surface area contributed by atoms with E-state index in [0.29, 0.717) is 0 Å². The maximum Gasteiger partial charge on any atom is 0.433 e. The Bertz CT molecular complexity index is 1610. The number of hydrogen-bond acceptors (Lipinski definition) is 5. The van der Waals surface area contributed by atoms with Crippen LogP contribution in [0, 0.1) is 17.8 Å². The monoisotopic (exact) mass is 577 g/mol. The van der Waals surface area contributed by atoms with E-state index in [-0.39, 0.29) is 39.1 Å². The molecule has 1 unspecified atom stereocenters. The van der Waals surface area contributed by atoms with Crippen molar-refractivity contribution >= 4 is 25.5 Å². The molecule has 3 aromatic rings. The highest BCUT2D eigenvalue weighted by atomic mass is 32.2. The number of nitrogens with zero attached hydrogens (tertiary/aromatic N) is 1. The summed E-state index contributed by atoms with van der Waals surface area (Å²) in [6, 6.07) is 17.9. The Morgan fingerprint density at radius 3 is 2.08 bits per heavy atom. The Balaban J connectivity index is 1.80. The Morgan fingerprint density at radius 1 is 0.897 bits per heavy atom. The average molecular weight is 578 g/mol. The van der Waals surface area contributed by atoms with Crippen LogP contribution >= 0.6 is 0 Å². The molecule has 0 amide bonds. The molecule has 1 aliphatic carbocycles. The number of methoxy groups -OCH3 is 1. The molecule has 206 valence electrons. The highest BCUT2D eigenvalue weighted by Crippen LogP contribution is 2.43. The Morgan fingerprint density at radius 2 is 1.54 bits per heavy atom. The van der Waals surface area contributed by atoms with Gasteiger partial charge >= 0.3 is 6.18 Å². The van der Waals surface area contributed by atoms with Gasteiger partial charge in [0.1, 0.15) is 0 Å². The molecule has 1 aliphatic rings. The normalized spacial score (nSPS) is 15.6. The van der Waals surface area contributed by atoms with E-state index in [1.54, 1.807) is 18.2 Å². The lowest BCUT2D eigenvalue weighted by molar-refractivity contribution is -0.250. The van der Waals surface area contributed by atoms with Crippen molar-refractivity contribution in [1.82, 2.24) is 0 Å². The third-order valence-electron chi connectivity index (χ3n) is 6.36. The second-order valence-corrected chi connectivity index (χ2v) is 13.2. The van der Waals surface area contributed by atoms with Crippen molar-refractivity contribution < 1.29 is 34.7 Å². The predicted octanol–water partition coefficient (Wildman–Crippen LogP) is 5.15. The van der Waals surface area contributed by atoms with Gasteiger partial charge in [-0.1, -0.05) is 36.3 Å². The summed E-state index contributed by atoms with van der Waals surface area (Å²) >= 11 is 0. The van der Waals surface area contributed by atoms with Gasteiger partial charge in [-0.25, -0.2) is 16.8 Å². The van der Waals surface area contributed by atoms with Crippen LogP contribution in [0.1, 0.15) is 24.0 Å². The smallest absolute Gasteiger partial charge is 0.354 e. The maximum atomic E-state index is 14.6. The lowest BCUT2D eigenvalue weighted by atomic mass is 9.92. The van der Waals surface area contributed by atoms with Crippen molar-refractivity contribution in [3.63, 3.8) is 0 Å². The van der Waals surface area contributed by atoms with E-state index in [9.17, 15) is 30.0 Å². The summed E-state index contributed by atoms with van der Waals surface area (Å²) < 4.78 is 100. The van der Waals surface area contributed by atoms with Crippen molar-refractivity contribution in [2.75, 3.05) is 24.2 Å². The maximum absolute atomic E-state index is 14.6. The Hall–Kier alpha value is -3.33. The summed E-state index contributed by atoms with van der Waals surface area (Å²) in [6.07, 6.45) is -2.33. The zero-order valence-electron chi connectivity index (χ0n) is 21.1. The molecule has 4 rings (SSSR count). The lowest BCUT2D eigenvalue weighted by Gasteiger charge is -2.31. The summed E-state index contributed by atoms with van der Waals surface area (Å²) in [5.41, 5.74) is -3.26. The van der Waals surface area contributed by atoms with Crippen molar-refractivity contribution in [3.05, 3.63) is 90.0 Å². The van der Waals surface area contributed by atoms with Crippen LogP contribution in [-0.4, -0.2) is 42.9 Å². The molecule has 6 nitrogen and oxygen atoms in total. The number of sulfonamides is 1. The minimum atomic E-state index is -5.00. The van der Waals surface area contributed by atoms with Crippen LogP contribution in [0.3, 0.4) is 0 Å². The number of sulfone groups is 1. The van der Waals surface area contributed by atoms with E-state index >= 15 is 0 Å². The van der Waals surface area contributed by atoms with Crippen LogP contribution in [0.5, 0.6) is 0 Å². The third kappa shape index (κ3) is 6.13. The van der Waals surface area contributed by atoms with Gasteiger partial charge in [0, 0.05) is 31.0 Å². The molecule has 0 heterocycles. The van der Waals surface area contributed by atoms with E-state index in [1.165, 1.54) is 54.6 Å². The second kappa shape index (κ2) is 10.7. The number of alkyl halides is 3. The van der Waals surface area contributed by atoms with Crippen LogP contribution in [-0.2, 0) is 30.2 Å². The van der Waals surface area contributed by atoms with Crippen LogP contribution in [0.15, 0.2) is 88.7 Å². The molecule has 1 fully saturated rings. The van der Waals surface area contributed by atoms with Crippen molar-refractivity contribution in [2.24, 2.45) is 5.92 Å². The lowest BCUT2D eigenvalue weighted by Crippen LogP contribution is -2.43. The van der Waals surface area contributed by atoms with E-state index in [1.807, 2.05) is 0 Å². The van der Waals surface area contributed by atoms with E-state index in [4.69, 9.17) is 4.74 Å². The second-order valence-electron chi connectivity index (χ2n) is 9.27. The predicted molar refractivity (Wildman–Crippen MR) is 141 cm³/mol. The fraction of sp³-hybridized carbons (Fsp3) is 0.286. The molecule has 3 aromatic carbocycles. The van der Waals surface area contributed by atoms with Gasteiger partial charge in [-0.2, -0.15) is 13.2 Å². The fourth-order valence-electron chi connectivity index (χ4n) is 4.01. The van der Waals surface area contributed by atoms with Crippen LogP contribution in [0.4, 0.5) is 18.9 Å². The topological polar surface area (TPSA) is 80.8 Å². The first-order chi connectivity index (χ1) is 18.3. The molecule has 0 N–H and O–H groups in total. The Labute approximate surface area is 226 Å². The zero-order valence-corrected chi connectivity index (χ0v) is 22.8. The molecular formula is C28H26F3NO5S2. The zero-order chi connectivity index (χ0) is 28.5. The number of ether oxygens (including phenoxy) is 1. The molecule has 11 heteroatoms. The fourth-order valence-corrected chi connectivity index (χ4v) is 6.20. The number of anilines is 1. The van der Waals surface area contributed by atoms with Crippen LogP contribution in [0.2, 0.25) is 0 Å². The highest BCUT2D eigenvalue weighted by molar-refractivity contribution is 7.92. The molecule has 1 saturated carbocycles. The molecular weight excluding hydrogens is 551 g/mol. The number of benzene rings is 3. The van der Waals surface area contributed by atoms with Gasteiger partial charge in [-0.15, -0.1) is 0 Å². The van der Waals surface area contributed by atoms with Crippen molar-refractivity contribution in [1.29, 1.82) is 0 Å². The summed E-state index contributed by atoms with van der Waals surface area (Å²) in [5.74, 6) is 4.74. The molecule has 0 bridgehead atoms. The standard InChI is InChI=1S/C28H26F3NO5S2/c1-37-27(28(29,30)31,18-17-21-13-15-25(16-14-21)38(2,33)34)23-7-6-8-24(19-23)32(20-22-11-12-22)39(35,36)26-9-4-3-5-10-26/h3-10,13-16,19,22H,11-12,20H2,1-2H3. The molecule has 1 atom stereocenters. The summed E-state index contributed by atoms with van der Waals surface area (Å²) in [4.78, 5) is 0.0344. The van der Waals surface area contributed by atoms with Gasteiger partial charge in [0.25, 0.3) is 15.6 Å². The van der Waals surface area contributed by atoms with Crippen molar-refractivity contribution in [3.8, 4) is 11.8 Å². The number of hydrogen-bond donors (Lipinski definition) is 0. The minimum Gasteiger partial charge on any atom is -0.354 e. The highest BCUT2D eigenvalue weighted by Gasteiger charge is 2.56. The molecule has 0 aromatic heterocycles. The molecule has 39 heavy (non-hydrogen) atoms. The number of halogens is 3. The molecule has 0 saturated heterocycles.